The Balaban J connectivity index is 1.57. The van der Waals surface area contributed by atoms with E-state index in [0.29, 0.717) is 28.7 Å². The molecule has 2 aliphatic heterocycles. The highest BCUT2D eigenvalue weighted by Crippen LogP contribution is 2.86. The molecule has 25 heavy (non-hydrogen) atoms. The van der Waals surface area contributed by atoms with E-state index in [-0.39, 0.29) is 5.95 Å². The van der Waals surface area contributed by atoms with Crippen LogP contribution in [0.1, 0.15) is 0 Å². The number of rotatable bonds is 4. The van der Waals surface area contributed by atoms with Crippen molar-refractivity contribution in [2.24, 2.45) is 0 Å². The number of ether oxygens (including phenoxy) is 2. The van der Waals surface area contributed by atoms with Crippen molar-refractivity contribution in [3.8, 4) is 5.75 Å². The van der Waals surface area contributed by atoms with Gasteiger partial charge in [0.25, 0.3) is 0 Å². The standard InChI is InChI=1S/C15H14N5O3PS/c1-22-9-2-4-10(5-3-9)25-13-11-12(18-14(16)19-13)20(7-17-11)15-6-24(15,21)8-23-15/h2-5,7H,6,8H2,1H3,(H2,16,18,19). The summed E-state index contributed by atoms with van der Waals surface area (Å²) in [6.45, 7) is 0. The van der Waals surface area contributed by atoms with E-state index >= 15 is 0 Å². The summed E-state index contributed by atoms with van der Waals surface area (Å²) in [6.07, 6.45) is 2.49. The molecule has 2 atom stereocenters. The molecule has 5 rings (SSSR count). The van der Waals surface area contributed by atoms with Crippen LogP contribution in [0.2, 0.25) is 0 Å². The first-order chi connectivity index (χ1) is 12.0. The Kier molecular flexibility index (Phi) is 3.02. The van der Waals surface area contributed by atoms with Gasteiger partial charge in [-0.25, -0.2) is 9.97 Å². The molecule has 0 aliphatic carbocycles. The third-order valence-electron chi connectivity index (χ3n) is 4.53. The summed E-state index contributed by atoms with van der Waals surface area (Å²) in [5.41, 5.74) is 6.33. The van der Waals surface area contributed by atoms with Crippen molar-refractivity contribution in [2.75, 3.05) is 25.4 Å². The third kappa shape index (κ3) is 2.06. The first kappa shape index (κ1) is 15.2. The first-order valence-electron chi connectivity index (χ1n) is 7.60. The summed E-state index contributed by atoms with van der Waals surface area (Å²) >= 11 is 1.44. The molecule has 8 nitrogen and oxygen atoms in total. The summed E-state index contributed by atoms with van der Waals surface area (Å²) in [5, 5.41) is 0.651. The largest absolute Gasteiger partial charge is 0.497 e. The van der Waals surface area contributed by atoms with Gasteiger partial charge in [-0.3, -0.25) is 4.57 Å². The predicted molar refractivity (Wildman–Crippen MR) is 93.3 cm³/mol. The number of nitrogen functional groups attached to an aromatic ring is 1. The zero-order valence-electron chi connectivity index (χ0n) is 13.2. The van der Waals surface area contributed by atoms with Crippen LogP contribution in [0.15, 0.2) is 40.5 Å². The lowest BCUT2D eigenvalue weighted by Gasteiger charge is -2.26. The highest BCUT2D eigenvalue weighted by Gasteiger charge is 2.77. The highest BCUT2D eigenvalue weighted by atomic mass is 32.2. The van der Waals surface area contributed by atoms with Crippen LogP contribution in [-0.4, -0.2) is 39.1 Å². The summed E-state index contributed by atoms with van der Waals surface area (Å²) < 4.78 is 25.0. The summed E-state index contributed by atoms with van der Waals surface area (Å²) in [5.74, 6) is 0.933. The van der Waals surface area contributed by atoms with E-state index in [0.717, 1.165) is 10.6 Å². The van der Waals surface area contributed by atoms with E-state index in [9.17, 15) is 4.57 Å². The fourth-order valence-corrected chi connectivity index (χ4v) is 6.59. The monoisotopic (exact) mass is 375 g/mol. The van der Waals surface area contributed by atoms with Gasteiger partial charge in [-0.1, -0.05) is 11.8 Å². The molecule has 0 bridgehead atoms. The molecule has 3 aromatic rings. The number of methoxy groups -OCH3 is 1. The van der Waals surface area contributed by atoms with Gasteiger partial charge >= 0.3 is 0 Å². The summed E-state index contributed by atoms with van der Waals surface area (Å²) in [7, 11) is -0.624. The minimum atomic E-state index is -2.25. The topological polar surface area (TPSA) is 105 Å². The molecule has 2 aliphatic rings. The van der Waals surface area contributed by atoms with Gasteiger partial charge < -0.3 is 19.8 Å². The van der Waals surface area contributed by atoms with Crippen LogP contribution in [-0.2, 0) is 14.8 Å². The molecule has 4 heterocycles. The second-order valence-electron chi connectivity index (χ2n) is 6.02. The zero-order chi connectivity index (χ0) is 17.2. The summed E-state index contributed by atoms with van der Waals surface area (Å²) in [6, 6.07) is 7.63. The van der Waals surface area contributed by atoms with Gasteiger partial charge in [0.15, 0.2) is 12.8 Å². The molecule has 2 aromatic heterocycles. The van der Waals surface area contributed by atoms with Gasteiger partial charge in [-0.15, -0.1) is 0 Å². The van der Waals surface area contributed by atoms with Crippen LogP contribution in [0.25, 0.3) is 11.2 Å². The van der Waals surface area contributed by atoms with E-state index in [2.05, 4.69) is 15.0 Å². The third-order valence-corrected chi connectivity index (χ3v) is 8.40. The van der Waals surface area contributed by atoms with E-state index < -0.39 is 12.6 Å². The minimum Gasteiger partial charge on any atom is -0.497 e. The number of imidazole rings is 1. The van der Waals surface area contributed by atoms with Gasteiger partial charge in [0.1, 0.15) is 22.6 Å². The fourth-order valence-electron chi connectivity index (χ4n) is 3.06. The molecule has 1 aromatic carbocycles. The molecule has 0 amide bonds. The normalized spacial score (nSPS) is 26.9. The average molecular weight is 375 g/mol. The van der Waals surface area contributed by atoms with Gasteiger partial charge in [-0.05, 0) is 24.3 Å². The van der Waals surface area contributed by atoms with E-state index in [4.69, 9.17) is 15.2 Å². The molecule has 128 valence electrons. The van der Waals surface area contributed by atoms with Crippen molar-refractivity contribution in [3.63, 3.8) is 0 Å². The van der Waals surface area contributed by atoms with Crippen LogP contribution in [0.4, 0.5) is 5.95 Å². The Morgan fingerprint density at radius 3 is 2.76 bits per heavy atom. The van der Waals surface area contributed by atoms with Crippen molar-refractivity contribution >= 4 is 36.0 Å². The van der Waals surface area contributed by atoms with Gasteiger partial charge in [0.05, 0.1) is 19.6 Å². The van der Waals surface area contributed by atoms with Gasteiger partial charge in [0.2, 0.25) is 11.4 Å². The number of nitrogens with two attached hydrogens (primary N) is 1. The lowest BCUT2D eigenvalue weighted by Crippen LogP contribution is -2.28. The zero-order valence-corrected chi connectivity index (χ0v) is 15.0. The van der Waals surface area contributed by atoms with Gasteiger partial charge in [0, 0.05) is 4.90 Å². The van der Waals surface area contributed by atoms with Crippen molar-refractivity contribution in [2.45, 2.75) is 15.4 Å². The molecule has 2 N–H and O–H groups in total. The van der Waals surface area contributed by atoms with Crippen molar-refractivity contribution < 1.29 is 14.0 Å². The van der Waals surface area contributed by atoms with E-state index in [1.165, 1.54) is 11.8 Å². The maximum Gasteiger partial charge on any atom is 0.223 e. The van der Waals surface area contributed by atoms with Crippen LogP contribution in [0.3, 0.4) is 0 Å². The number of aromatic nitrogens is 4. The second kappa shape index (κ2) is 4.97. The number of nitrogens with zero attached hydrogens (tertiary/aromatic N) is 4. The Morgan fingerprint density at radius 2 is 2.16 bits per heavy atom. The van der Waals surface area contributed by atoms with E-state index in [1.807, 2.05) is 24.3 Å². The molecule has 10 heteroatoms. The number of benzene rings is 1. The average Bonchev–Trinajstić information content (AvgIpc) is 2.91. The minimum absolute atomic E-state index is 0.150. The molecule has 2 fully saturated rings. The maximum absolute atomic E-state index is 12.5. The van der Waals surface area contributed by atoms with Crippen LogP contribution in [0, 0.1) is 0 Å². The lowest BCUT2D eigenvalue weighted by molar-refractivity contribution is 0.00812. The van der Waals surface area contributed by atoms with Crippen molar-refractivity contribution in [1.29, 1.82) is 0 Å². The molecule has 0 saturated carbocycles. The first-order valence-corrected chi connectivity index (χ1v) is 10.5. The van der Waals surface area contributed by atoms with Crippen molar-refractivity contribution in [3.05, 3.63) is 30.6 Å². The molecule has 0 spiro atoms. The van der Waals surface area contributed by atoms with Crippen LogP contribution in [0.5, 0.6) is 5.75 Å². The molecule has 2 saturated heterocycles. The van der Waals surface area contributed by atoms with Gasteiger partial charge in [-0.2, -0.15) is 4.98 Å². The Hall–Kier alpha value is -2.09. The van der Waals surface area contributed by atoms with Crippen LogP contribution < -0.4 is 10.5 Å². The molecular formula is C15H14N5O3PS. The quantitative estimate of drug-likeness (QED) is 0.548. The smallest absolute Gasteiger partial charge is 0.223 e. The number of hydrogen-bond acceptors (Lipinski definition) is 8. The molecule has 0 radical (unpaired) electrons. The van der Waals surface area contributed by atoms with Crippen LogP contribution >= 0.6 is 18.9 Å². The van der Waals surface area contributed by atoms with E-state index in [1.54, 1.807) is 18.0 Å². The Labute approximate surface area is 147 Å². The fraction of sp³-hybridized carbons (Fsp3) is 0.267. The number of fused-ring (bicyclic) bond motifs is 2. The molecular weight excluding hydrogens is 361 g/mol. The lowest BCUT2D eigenvalue weighted by atomic mass is 10.3. The maximum atomic E-state index is 12.5. The predicted octanol–water partition coefficient (Wildman–Crippen LogP) is 2.54. The Morgan fingerprint density at radius 1 is 1.36 bits per heavy atom. The van der Waals surface area contributed by atoms with Crippen molar-refractivity contribution in [1.82, 2.24) is 19.5 Å². The summed E-state index contributed by atoms with van der Waals surface area (Å²) in [4.78, 5) is 14.0. The SMILES string of the molecule is COc1ccc(Sc2nc(N)nc3c2ncn3C23CP2(=O)CO3)cc1. The highest BCUT2D eigenvalue weighted by molar-refractivity contribution is 7.99. The number of anilines is 1. The number of hydrogen-bond donors (Lipinski definition) is 1. The second-order valence-corrected chi connectivity index (χ2v) is 10.1. The Bertz CT molecular complexity index is 1050. The molecule has 2 unspecified atom stereocenters.